The van der Waals surface area contributed by atoms with Gasteiger partial charge >= 0.3 is 0 Å². The van der Waals surface area contributed by atoms with Gasteiger partial charge in [-0.05, 0) is 6.04 Å². The van der Waals surface area contributed by atoms with E-state index in [0.717, 1.165) is 0 Å². The molecule has 1 aromatic rings. The van der Waals surface area contributed by atoms with Crippen LogP contribution in [-0.4, -0.2) is 8.07 Å². The molecule has 0 saturated carbocycles. The molecule has 0 aromatic heterocycles. The van der Waals surface area contributed by atoms with Crippen LogP contribution < -0.4 is 5.19 Å². The molecule has 70 valence electrons. The van der Waals surface area contributed by atoms with E-state index in [-0.39, 0.29) is 5.83 Å². The molecular formula is C11H15FSi. The highest BCUT2D eigenvalue weighted by Gasteiger charge is 2.23. The summed E-state index contributed by atoms with van der Waals surface area (Å²) in [6.45, 7) is 7.65. The van der Waals surface area contributed by atoms with Gasteiger partial charge in [0.05, 0.1) is 13.9 Å². The highest BCUT2D eigenvalue weighted by molar-refractivity contribution is 6.90. The molecule has 0 amide bonds. The van der Waals surface area contributed by atoms with Crippen molar-refractivity contribution in [1.29, 1.82) is 0 Å². The van der Waals surface area contributed by atoms with Crippen molar-refractivity contribution < 1.29 is 4.39 Å². The van der Waals surface area contributed by atoms with Crippen LogP contribution in [0, 0.1) is 0 Å². The van der Waals surface area contributed by atoms with E-state index >= 15 is 0 Å². The summed E-state index contributed by atoms with van der Waals surface area (Å²) in [5.74, 6) is -0.194. The van der Waals surface area contributed by atoms with E-state index in [4.69, 9.17) is 0 Å². The van der Waals surface area contributed by atoms with Crippen LogP contribution in [-0.2, 0) is 0 Å². The first-order chi connectivity index (χ1) is 6.02. The fourth-order valence-corrected chi connectivity index (χ4v) is 3.73. The van der Waals surface area contributed by atoms with Crippen LogP contribution in [0.15, 0.2) is 42.7 Å². The predicted molar refractivity (Wildman–Crippen MR) is 58.6 cm³/mol. The van der Waals surface area contributed by atoms with Crippen molar-refractivity contribution >= 4 is 13.3 Å². The van der Waals surface area contributed by atoms with Gasteiger partial charge in [-0.25, -0.2) is 4.39 Å². The first-order valence-electron chi connectivity index (χ1n) is 4.41. The van der Waals surface area contributed by atoms with E-state index in [1.807, 2.05) is 18.2 Å². The van der Waals surface area contributed by atoms with Gasteiger partial charge in [0.2, 0.25) is 0 Å². The van der Waals surface area contributed by atoms with Crippen molar-refractivity contribution in [2.24, 2.45) is 0 Å². The first-order valence-corrected chi connectivity index (χ1v) is 7.62. The molecule has 0 N–H and O–H groups in total. The quantitative estimate of drug-likeness (QED) is 0.649. The van der Waals surface area contributed by atoms with Crippen molar-refractivity contribution in [2.45, 2.75) is 19.1 Å². The van der Waals surface area contributed by atoms with Gasteiger partial charge in [-0.1, -0.05) is 55.2 Å². The maximum Gasteiger partial charge on any atom is 0.0905 e. The molecule has 0 fully saturated rings. The molecule has 0 radical (unpaired) electrons. The average Bonchev–Trinajstić information content (AvgIpc) is 2.04. The summed E-state index contributed by atoms with van der Waals surface area (Å²) in [5.41, 5.74) is 0. The lowest BCUT2D eigenvalue weighted by Gasteiger charge is -2.21. The molecule has 13 heavy (non-hydrogen) atoms. The summed E-state index contributed by atoms with van der Waals surface area (Å²) in [7, 11) is -1.62. The Labute approximate surface area is 80.1 Å². The van der Waals surface area contributed by atoms with Gasteiger partial charge in [-0.3, -0.25) is 0 Å². The monoisotopic (exact) mass is 194 g/mol. The smallest absolute Gasteiger partial charge is 0.0905 e. The SMILES string of the molecule is C=C(F)C[Si](C)(C)c1ccccc1. The summed E-state index contributed by atoms with van der Waals surface area (Å²) in [6.07, 6.45) is 0. The summed E-state index contributed by atoms with van der Waals surface area (Å²) in [5, 5.41) is 1.29. The van der Waals surface area contributed by atoms with Crippen LogP contribution in [0.25, 0.3) is 0 Å². The Kier molecular flexibility index (Phi) is 3.04. The number of halogens is 1. The Morgan fingerprint density at radius 3 is 2.31 bits per heavy atom. The lowest BCUT2D eigenvalue weighted by atomic mass is 10.4. The predicted octanol–water partition coefficient (Wildman–Crippen LogP) is 3.09. The third-order valence-electron chi connectivity index (χ3n) is 2.19. The van der Waals surface area contributed by atoms with E-state index in [1.165, 1.54) is 5.19 Å². The summed E-state index contributed by atoms with van der Waals surface area (Å²) in [6, 6.07) is 10.7. The summed E-state index contributed by atoms with van der Waals surface area (Å²) in [4.78, 5) is 0. The van der Waals surface area contributed by atoms with Crippen LogP contribution in [0.3, 0.4) is 0 Å². The lowest BCUT2D eigenvalue weighted by molar-refractivity contribution is 0.641. The van der Waals surface area contributed by atoms with Gasteiger partial charge in [0.15, 0.2) is 0 Å². The minimum absolute atomic E-state index is 0.194. The maximum atomic E-state index is 12.7. The molecule has 2 heteroatoms. The van der Waals surface area contributed by atoms with Crippen molar-refractivity contribution in [2.75, 3.05) is 0 Å². The fourth-order valence-electron chi connectivity index (χ4n) is 1.47. The highest BCUT2D eigenvalue weighted by atomic mass is 28.3. The lowest BCUT2D eigenvalue weighted by Crippen LogP contribution is -2.40. The minimum atomic E-state index is -1.62. The molecule has 0 aliphatic rings. The number of hydrogen-bond acceptors (Lipinski definition) is 0. The molecule has 0 saturated heterocycles. The molecule has 0 spiro atoms. The Morgan fingerprint density at radius 2 is 1.85 bits per heavy atom. The van der Waals surface area contributed by atoms with Gasteiger partial charge in [0, 0.05) is 0 Å². The van der Waals surface area contributed by atoms with E-state index in [0.29, 0.717) is 6.04 Å². The molecule has 0 aliphatic carbocycles. The highest BCUT2D eigenvalue weighted by Crippen LogP contribution is 2.15. The standard InChI is InChI=1S/C11H15FSi/c1-10(12)9-13(2,3)11-7-5-4-6-8-11/h4-8H,1,9H2,2-3H3. The Morgan fingerprint density at radius 1 is 1.31 bits per heavy atom. The molecule has 0 unspecified atom stereocenters. The molecule has 0 aliphatic heterocycles. The average molecular weight is 194 g/mol. The van der Waals surface area contributed by atoms with Gasteiger partial charge in [0.25, 0.3) is 0 Å². The molecule has 0 atom stereocenters. The van der Waals surface area contributed by atoms with Crippen molar-refractivity contribution in [3.05, 3.63) is 42.7 Å². The summed E-state index contributed by atoms with van der Waals surface area (Å²) < 4.78 is 12.7. The third kappa shape index (κ3) is 2.81. The zero-order valence-electron chi connectivity index (χ0n) is 8.18. The van der Waals surface area contributed by atoms with Gasteiger partial charge in [-0.2, -0.15) is 0 Å². The van der Waals surface area contributed by atoms with Crippen LogP contribution >= 0.6 is 0 Å². The van der Waals surface area contributed by atoms with Crippen LogP contribution in [0.4, 0.5) is 4.39 Å². The van der Waals surface area contributed by atoms with Crippen molar-refractivity contribution in [3.63, 3.8) is 0 Å². The van der Waals surface area contributed by atoms with Crippen LogP contribution in [0.1, 0.15) is 0 Å². The molecule has 0 heterocycles. The largest absolute Gasteiger partial charge is 0.213 e. The first kappa shape index (κ1) is 10.2. The van der Waals surface area contributed by atoms with Crippen molar-refractivity contribution in [3.8, 4) is 0 Å². The normalized spacial score (nSPS) is 11.3. The zero-order valence-corrected chi connectivity index (χ0v) is 9.18. The maximum absolute atomic E-state index is 12.7. The van der Waals surface area contributed by atoms with Crippen LogP contribution in [0.2, 0.25) is 19.1 Å². The van der Waals surface area contributed by atoms with Crippen molar-refractivity contribution in [1.82, 2.24) is 0 Å². The Balaban J connectivity index is 2.87. The Bertz CT molecular complexity index is 290. The van der Waals surface area contributed by atoms with Crippen LogP contribution in [0.5, 0.6) is 0 Å². The molecule has 0 bridgehead atoms. The molecule has 1 rings (SSSR count). The Hall–Kier alpha value is -0.893. The van der Waals surface area contributed by atoms with Gasteiger partial charge in [-0.15, -0.1) is 0 Å². The second kappa shape index (κ2) is 3.88. The zero-order chi connectivity index (χ0) is 9.90. The third-order valence-corrected chi connectivity index (χ3v) is 5.35. The number of benzene rings is 1. The molecule has 1 aromatic carbocycles. The number of hydrogen-bond donors (Lipinski definition) is 0. The second-order valence-corrected chi connectivity index (χ2v) is 8.64. The van der Waals surface area contributed by atoms with Gasteiger partial charge in [0.1, 0.15) is 0 Å². The topological polar surface area (TPSA) is 0 Å². The second-order valence-electron chi connectivity index (χ2n) is 3.94. The van der Waals surface area contributed by atoms with E-state index in [2.05, 4.69) is 31.8 Å². The molecule has 0 nitrogen and oxygen atoms in total. The number of rotatable bonds is 3. The fraction of sp³-hybridized carbons (Fsp3) is 0.273. The minimum Gasteiger partial charge on any atom is -0.213 e. The summed E-state index contributed by atoms with van der Waals surface area (Å²) >= 11 is 0. The van der Waals surface area contributed by atoms with E-state index in [9.17, 15) is 4.39 Å². The number of allylic oxidation sites excluding steroid dienone is 1. The molecular weight excluding hydrogens is 179 g/mol. The van der Waals surface area contributed by atoms with E-state index < -0.39 is 8.07 Å². The van der Waals surface area contributed by atoms with E-state index in [1.54, 1.807) is 0 Å². The van der Waals surface area contributed by atoms with Gasteiger partial charge < -0.3 is 0 Å².